The Morgan fingerprint density at radius 1 is 1.24 bits per heavy atom. The molecule has 0 bridgehead atoms. The van der Waals surface area contributed by atoms with Crippen molar-refractivity contribution in [3.8, 4) is 0 Å². The molecule has 114 valence electrons. The maximum absolute atomic E-state index is 13.2. The number of nitrogens with zero attached hydrogens (tertiary/aromatic N) is 3. The van der Waals surface area contributed by atoms with Crippen LogP contribution in [0.3, 0.4) is 0 Å². The number of nitrogens with two attached hydrogens (primary N) is 1. The van der Waals surface area contributed by atoms with Crippen molar-refractivity contribution in [2.24, 2.45) is 10.7 Å². The van der Waals surface area contributed by atoms with Crippen LogP contribution < -0.4 is 10.6 Å². The van der Waals surface area contributed by atoms with Crippen LogP contribution in [-0.2, 0) is 0 Å². The molecule has 0 amide bonds. The third-order valence-electron chi connectivity index (χ3n) is 4.65. The summed E-state index contributed by atoms with van der Waals surface area (Å²) in [6.07, 6.45) is 3.29. The molecule has 0 saturated carbocycles. The highest BCUT2D eigenvalue weighted by Crippen LogP contribution is 2.36. The Bertz CT molecular complexity index is 518. The summed E-state index contributed by atoms with van der Waals surface area (Å²) >= 11 is 0. The van der Waals surface area contributed by atoms with Crippen molar-refractivity contribution < 1.29 is 4.39 Å². The molecule has 5 heteroatoms. The molecule has 0 atom stereocenters. The monoisotopic (exact) mass is 290 g/mol. The molecule has 2 heterocycles. The van der Waals surface area contributed by atoms with Crippen LogP contribution in [0.4, 0.5) is 10.1 Å². The van der Waals surface area contributed by atoms with Crippen molar-refractivity contribution in [2.75, 3.05) is 31.1 Å². The van der Waals surface area contributed by atoms with Crippen molar-refractivity contribution in [3.05, 3.63) is 30.1 Å². The number of halogens is 1. The van der Waals surface area contributed by atoms with Gasteiger partial charge in [0, 0.05) is 18.8 Å². The minimum absolute atomic E-state index is 0.0217. The van der Waals surface area contributed by atoms with E-state index in [2.05, 4.69) is 21.7 Å². The highest BCUT2D eigenvalue weighted by molar-refractivity contribution is 5.98. The lowest BCUT2D eigenvalue weighted by Gasteiger charge is -2.45. The van der Waals surface area contributed by atoms with E-state index >= 15 is 0 Å². The van der Waals surface area contributed by atoms with E-state index in [-0.39, 0.29) is 11.4 Å². The van der Waals surface area contributed by atoms with Crippen molar-refractivity contribution >= 4 is 11.6 Å². The van der Waals surface area contributed by atoms with Crippen LogP contribution in [0.2, 0.25) is 0 Å². The van der Waals surface area contributed by atoms with Crippen molar-refractivity contribution in [3.63, 3.8) is 0 Å². The van der Waals surface area contributed by atoms with Gasteiger partial charge in [0.2, 0.25) is 0 Å². The van der Waals surface area contributed by atoms with Crippen LogP contribution in [-0.4, -0.2) is 42.6 Å². The van der Waals surface area contributed by atoms with Crippen LogP contribution in [0.15, 0.2) is 29.3 Å². The van der Waals surface area contributed by atoms with Crippen LogP contribution in [0.25, 0.3) is 0 Å². The lowest BCUT2D eigenvalue weighted by molar-refractivity contribution is 0.171. The Hall–Kier alpha value is -1.62. The summed E-state index contributed by atoms with van der Waals surface area (Å²) in [7, 11) is 0. The first-order valence-electron chi connectivity index (χ1n) is 7.73. The highest BCUT2D eigenvalue weighted by Gasteiger charge is 2.44. The van der Waals surface area contributed by atoms with Gasteiger partial charge in [-0.2, -0.15) is 0 Å². The maximum atomic E-state index is 13.2. The van der Waals surface area contributed by atoms with Gasteiger partial charge in [-0.05, 0) is 50.1 Å². The van der Waals surface area contributed by atoms with Gasteiger partial charge >= 0.3 is 0 Å². The van der Waals surface area contributed by atoms with Crippen LogP contribution in [0, 0.1) is 5.82 Å². The van der Waals surface area contributed by atoms with Crippen molar-refractivity contribution in [1.29, 1.82) is 0 Å². The summed E-state index contributed by atoms with van der Waals surface area (Å²) in [5.41, 5.74) is 7.04. The smallest absolute Gasteiger partial charge is 0.196 e. The number of anilines is 1. The van der Waals surface area contributed by atoms with E-state index in [0.717, 1.165) is 44.7 Å². The number of benzene rings is 1. The number of piperidine rings is 1. The standard InChI is InChI=1S/C16H23FN4/c1-2-9-20-10-7-16(8-11-20)12-19-15(18)21(16)14-5-3-13(17)4-6-14/h3-6H,2,7-12H2,1H3,(H2,18,19). The predicted octanol–water partition coefficient (Wildman–Crippen LogP) is 2.21. The van der Waals surface area contributed by atoms with E-state index in [1.165, 1.54) is 18.6 Å². The van der Waals surface area contributed by atoms with Crippen LogP contribution in [0.5, 0.6) is 0 Å². The zero-order valence-corrected chi connectivity index (χ0v) is 12.6. The number of hydrogen-bond donors (Lipinski definition) is 1. The van der Waals surface area contributed by atoms with Crippen molar-refractivity contribution in [1.82, 2.24) is 4.90 Å². The molecule has 4 nitrogen and oxygen atoms in total. The molecule has 2 aliphatic rings. The van der Waals surface area contributed by atoms with E-state index in [0.29, 0.717) is 5.96 Å². The largest absolute Gasteiger partial charge is 0.369 e. The number of rotatable bonds is 3. The second-order valence-corrected chi connectivity index (χ2v) is 6.05. The Morgan fingerprint density at radius 2 is 1.90 bits per heavy atom. The van der Waals surface area contributed by atoms with Gasteiger partial charge in [-0.25, -0.2) is 4.39 Å². The molecule has 1 fully saturated rings. The SMILES string of the molecule is CCCN1CCC2(CC1)CN=C(N)N2c1ccc(F)cc1. The topological polar surface area (TPSA) is 44.9 Å². The lowest BCUT2D eigenvalue weighted by Crippen LogP contribution is -2.57. The molecule has 0 aromatic heterocycles. The van der Waals surface area contributed by atoms with Gasteiger partial charge in [0.15, 0.2) is 5.96 Å². The van der Waals surface area contributed by atoms with E-state index in [9.17, 15) is 4.39 Å². The minimum atomic E-state index is -0.222. The Labute approximate surface area is 125 Å². The van der Waals surface area contributed by atoms with E-state index in [1.807, 2.05) is 0 Å². The Kier molecular flexibility index (Phi) is 3.85. The molecule has 1 aromatic carbocycles. The van der Waals surface area contributed by atoms with Crippen LogP contribution >= 0.6 is 0 Å². The average molecular weight is 290 g/mol. The molecule has 0 unspecified atom stereocenters. The molecular weight excluding hydrogens is 267 g/mol. The second-order valence-electron chi connectivity index (χ2n) is 6.05. The molecule has 1 spiro atoms. The molecule has 0 aliphatic carbocycles. The second kappa shape index (κ2) is 5.64. The first-order chi connectivity index (χ1) is 10.1. The first-order valence-corrected chi connectivity index (χ1v) is 7.73. The number of likely N-dealkylation sites (tertiary alicyclic amines) is 1. The normalized spacial score (nSPS) is 21.8. The summed E-state index contributed by atoms with van der Waals surface area (Å²) in [6, 6.07) is 6.56. The zero-order valence-electron chi connectivity index (χ0n) is 12.6. The Balaban J connectivity index is 1.81. The summed E-state index contributed by atoms with van der Waals surface area (Å²) in [6.45, 7) is 6.27. The van der Waals surface area contributed by atoms with E-state index in [4.69, 9.17) is 5.73 Å². The molecule has 3 rings (SSSR count). The summed E-state index contributed by atoms with van der Waals surface area (Å²) in [5, 5.41) is 0. The highest BCUT2D eigenvalue weighted by atomic mass is 19.1. The predicted molar refractivity (Wildman–Crippen MR) is 84.1 cm³/mol. The lowest BCUT2D eigenvalue weighted by atomic mass is 9.86. The van der Waals surface area contributed by atoms with Gasteiger partial charge in [0.1, 0.15) is 5.82 Å². The summed E-state index contributed by atoms with van der Waals surface area (Å²) in [5.74, 6) is 0.339. The molecule has 0 radical (unpaired) electrons. The fraction of sp³-hybridized carbons (Fsp3) is 0.562. The third kappa shape index (κ3) is 2.62. The van der Waals surface area contributed by atoms with Crippen molar-refractivity contribution in [2.45, 2.75) is 31.7 Å². The zero-order chi connectivity index (χ0) is 14.9. The van der Waals surface area contributed by atoms with Gasteiger partial charge in [-0.3, -0.25) is 4.99 Å². The van der Waals surface area contributed by atoms with Gasteiger partial charge in [0.25, 0.3) is 0 Å². The number of hydrogen-bond acceptors (Lipinski definition) is 4. The summed E-state index contributed by atoms with van der Waals surface area (Å²) in [4.78, 5) is 9.10. The molecule has 1 saturated heterocycles. The molecule has 2 N–H and O–H groups in total. The van der Waals surface area contributed by atoms with E-state index in [1.54, 1.807) is 12.1 Å². The fourth-order valence-corrected chi connectivity index (χ4v) is 3.50. The number of guanidine groups is 1. The third-order valence-corrected chi connectivity index (χ3v) is 4.65. The van der Waals surface area contributed by atoms with Gasteiger partial charge in [0.05, 0.1) is 12.1 Å². The fourth-order valence-electron chi connectivity index (χ4n) is 3.50. The number of aliphatic imine (C=N–C) groups is 1. The van der Waals surface area contributed by atoms with Gasteiger partial charge < -0.3 is 15.5 Å². The van der Waals surface area contributed by atoms with Crippen LogP contribution in [0.1, 0.15) is 26.2 Å². The first kappa shape index (κ1) is 14.3. The average Bonchev–Trinajstić information content (AvgIpc) is 2.80. The maximum Gasteiger partial charge on any atom is 0.196 e. The molecular formula is C16H23FN4. The van der Waals surface area contributed by atoms with E-state index < -0.39 is 0 Å². The minimum Gasteiger partial charge on any atom is -0.369 e. The van der Waals surface area contributed by atoms with Gasteiger partial charge in [-0.15, -0.1) is 0 Å². The Morgan fingerprint density at radius 3 is 2.52 bits per heavy atom. The quantitative estimate of drug-likeness (QED) is 0.928. The molecule has 1 aromatic rings. The molecule has 2 aliphatic heterocycles. The molecule has 21 heavy (non-hydrogen) atoms. The summed E-state index contributed by atoms with van der Waals surface area (Å²) < 4.78 is 13.2. The van der Waals surface area contributed by atoms with Gasteiger partial charge in [-0.1, -0.05) is 6.92 Å².